The van der Waals surface area contributed by atoms with Crippen LogP contribution in [-0.2, 0) is 9.59 Å². The molecule has 0 saturated heterocycles. The third kappa shape index (κ3) is 4.55. The largest absolute Gasteiger partial charge is 0.507 e. The van der Waals surface area contributed by atoms with Crippen molar-refractivity contribution in [3.8, 4) is 5.75 Å². The van der Waals surface area contributed by atoms with Gasteiger partial charge in [-0.15, -0.1) is 0 Å². The highest BCUT2D eigenvalue weighted by atomic mass is 35.5. The van der Waals surface area contributed by atoms with Gasteiger partial charge in [-0.1, -0.05) is 23.7 Å². The fraction of sp³-hybridized carbons (Fsp3) is 0.200. The van der Waals surface area contributed by atoms with Gasteiger partial charge in [0.05, 0.1) is 11.3 Å². The first-order chi connectivity index (χ1) is 13.8. The molecule has 0 unspecified atom stereocenters. The number of phenolic OH excluding ortho intramolecular Hbond substituents is 1. The fourth-order valence-electron chi connectivity index (χ4n) is 2.80. The van der Waals surface area contributed by atoms with E-state index in [0.717, 1.165) is 11.1 Å². The summed E-state index contributed by atoms with van der Waals surface area (Å²) in [6, 6.07) is 9.60. The Morgan fingerprint density at radius 3 is 2.55 bits per heavy atom. The third-order valence-electron chi connectivity index (χ3n) is 4.38. The van der Waals surface area contributed by atoms with E-state index in [4.69, 9.17) is 11.6 Å². The first kappa shape index (κ1) is 20.3. The van der Waals surface area contributed by atoms with Crippen LogP contribution in [0.15, 0.2) is 41.5 Å². The average molecular weight is 415 g/mol. The van der Waals surface area contributed by atoms with Crippen molar-refractivity contribution in [3.05, 3.63) is 58.1 Å². The van der Waals surface area contributed by atoms with E-state index in [9.17, 15) is 19.5 Å². The molecule has 3 amide bonds. The number of amides is 3. The van der Waals surface area contributed by atoms with Crippen LogP contribution in [-0.4, -0.2) is 28.5 Å². The summed E-state index contributed by atoms with van der Waals surface area (Å²) in [6.07, 6.45) is 0.257. The highest BCUT2D eigenvalue weighted by Crippen LogP contribution is 2.25. The molecule has 150 valence electrons. The minimum absolute atomic E-state index is 0.0874. The molecule has 2 aromatic rings. The third-order valence-corrected chi connectivity index (χ3v) is 4.62. The Labute approximate surface area is 172 Å². The molecule has 0 saturated carbocycles. The lowest BCUT2D eigenvalue weighted by Crippen LogP contribution is -2.47. The van der Waals surface area contributed by atoms with Crippen molar-refractivity contribution in [2.24, 2.45) is 5.10 Å². The van der Waals surface area contributed by atoms with Crippen LogP contribution in [0.5, 0.6) is 5.75 Å². The zero-order valence-electron chi connectivity index (χ0n) is 15.8. The highest BCUT2D eigenvalue weighted by Gasteiger charge is 2.27. The summed E-state index contributed by atoms with van der Waals surface area (Å²) < 4.78 is 0. The zero-order valence-corrected chi connectivity index (χ0v) is 16.6. The molecule has 0 fully saturated rings. The number of phenols is 1. The van der Waals surface area contributed by atoms with Gasteiger partial charge in [0.15, 0.2) is 0 Å². The van der Waals surface area contributed by atoms with Crippen LogP contribution in [0, 0.1) is 13.8 Å². The minimum Gasteiger partial charge on any atom is -0.507 e. The van der Waals surface area contributed by atoms with E-state index >= 15 is 0 Å². The average Bonchev–Trinajstić information content (AvgIpc) is 2.70. The van der Waals surface area contributed by atoms with Gasteiger partial charge in [0.2, 0.25) is 5.91 Å². The van der Waals surface area contributed by atoms with Gasteiger partial charge in [0, 0.05) is 17.9 Å². The molecule has 1 heterocycles. The number of hydrazone groups is 1. The lowest BCUT2D eigenvalue weighted by molar-refractivity contribution is -0.119. The van der Waals surface area contributed by atoms with Crippen LogP contribution in [0.2, 0.25) is 5.02 Å². The number of hydrogen-bond acceptors (Lipinski definition) is 5. The van der Waals surface area contributed by atoms with E-state index in [2.05, 4.69) is 16.0 Å². The van der Waals surface area contributed by atoms with E-state index in [1.54, 1.807) is 0 Å². The first-order valence-corrected chi connectivity index (χ1v) is 9.21. The van der Waals surface area contributed by atoms with E-state index in [-0.39, 0.29) is 40.8 Å². The summed E-state index contributed by atoms with van der Waals surface area (Å²) in [4.78, 5) is 36.9. The Kier molecular flexibility index (Phi) is 5.84. The maximum atomic E-state index is 12.4. The van der Waals surface area contributed by atoms with Crippen molar-refractivity contribution in [1.29, 1.82) is 0 Å². The molecule has 2 aromatic carbocycles. The van der Waals surface area contributed by atoms with Crippen LogP contribution in [0.3, 0.4) is 0 Å². The zero-order chi connectivity index (χ0) is 21.1. The molecule has 0 atom stereocenters. The second kappa shape index (κ2) is 8.32. The smallest absolute Gasteiger partial charge is 0.285 e. The van der Waals surface area contributed by atoms with Crippen molar-refractivity contribution >= 4 is 40.7 Å². The van der Waals surface area contributed by atoms with Crippen LogP contribution in [0.4, 0.5) is 5.69 Å². The van der Waals surface area contributed by atoms with E-state index < -0.39 is 11.8 Å². The number of nitrogens with one attached hydrogen (secondary N) is 2. The molecule has 9 heteroatoms. The number of carbonyl (C=O) groups is 3. The van der Waals surface area contributed by atoms with Crippen LogP contribution >= 0.6 is 11.6 Å². The summed E-state index contributed by atoms with van der Waals surface area (Å²) in [5.74, 6) is -1.88. The summed E-state index contributed by atoms with van der Waals surface area (Å²) in [6.45, 7) is 3.75. The monoisotopic (exact) mass is 414 g/mol. The number of rotatable bonds is 3. The van der Waals surface area contributed by atoms with E-state index in [1.165, 1.54) is 23.2 Å². The molecule has 0 aromatic heterocycles. The lowest BCUT2D eigenvalue weighted by Gasteiger charge is -2.24. The molecular formula is C20H19ClN4O4. The van der Waals surface area contributed by atoms with Gasteiger partial charge in [-0.2, -0.15) is 5.10 Å². The number of hydrazine groups is 1. The first-order valence-electron chi connectivity index (χ1n) is 8.83. The Bertz CT molecular complexity index is 1040. The van der Waals surface area contributed by atoms with Crippen molar-refractivity contribution < 1.29 is 19.5 Å². The molecule has 1 aliphatic heterocycles. The van der Waals surface area contributed by atoms with Gasteiger partial charge in [-0.25, -0.2) is 5.01 Å². The molecule has 0 spiro atoms. The molecule has 3 N–H and O–H groups in total. The lowest BCUT2D eigenvalue weighted by atomic mass is 10.1. The number of anilines is 1. The van der Waals surface area contributed by atoms with Gasteiger partial charge >= 0.3 is 0 Å². The predicted molar refractivity (Wildman–Crippen MR) is 109 cm³/mol. The standard InChI is InChI=1S/C20H19ClN4O4/c1-11-3-4-12(2)16(9-11)25-18(27)8-6-15(24-25)20(29)23-22-19(28)14-10-13(21)5-7-17(14)26/h3-5,7,9-10,26H,6,8H2,1-2H3,(H,22,28)(H,23,29). The fourth-order valence-corrected chi connectivity index (χ4v) is 2.97. The molecular weight excluding hydrogens is 396 g/mol. The number of hydrogen-bond donors (Lipinski definition) is 3. The molecule has 29 heavy (non-hydrogen) atoms. The number of benzene rings is 2. The Morgan fingerprint density at radius 1 is 1.07 bits per heavy atom. The summed E-state index contributed by atoms with van der Waals surface area (Å²) >= 11 is 5.82. The van der Waals surface area contributed by atoms with Crippen molar-refractivity contribution in [2.75, 3.05) is 5.01 Å². The second-order valence-corrected chi connectivity index (χ2v) is 7.05. The molecule has 0 radical (unpaired) electrons. The van der Waals surface area contributed by atoms with Crippen molar-refractivity contribution in [1.82, 2.24) is 10.9 Å². The highest BCUT2D eigenvalue weighted by molar-refractivity contribution is 6.40. The van der Waals surface area contributed by atoms with Crippen molar-refractivity contribution in [3.63, 3.8) is 0 Å². The van der Waals surface area contributed by atoms with Gasteiger partial charge in [-0.3, -0.25) is 25.2 Å². The quantitative estimate of drug-likeness (QED) is 0.670. The number of aryl methyl sites for hydroxylation is 2. The number of carbonyl (C=O) groups excluding carboxylic acids is 3. The minimum atomic E-state index is -0.739. The Hall–Kier alpha value is -3.39. The maximum absolute atomic E-state index is 12.4. The number of halogens is 1. The predicted octanol–water partition coefficient (Wildman–Crippen LogP) is 2.61. The second-order valence-electron chi connectivity index (χ2n) is 6.61. The maximum Gasteiger partial charge on any atom is 0.285 e. The summed E-state index contributed by atoms with van der Waals surface area (Å²) in [7, 11) is 0. The number of aromatic hydroxyl groups is 1. The van der Waals surface area contributed by atoms with Crippen molar-refractivity contribution in [2.45, 2.75) is 26.7 Å². The van der Waals surface area contributed by atoms with Gasteiger partial charge < -0.3 is 5.11 Å². The van der Waals surface area contributed by atoms with Crippen LogP contribution < -0.4 is 15.9 Å². The Balaban J connectivity index is 1.75. The SMILES string of the molecule is Cc1ccc(C)c(N2N=C(C(=O)NNC(=O)c3cc(Cl)ccc3O)CCC2=O)c1. The van der Waals surface area contributed by atoms with E-state index in [0.29, 0.717) is 5.69 Å². The molecule has 8 nitrogen and oxygen atoms in total. The topological polar surface area (TPSA) is 111 Å². The van der Waals surface area contributed by atoms with Gasteiger partial charge in [0.1, 0.15) is 11.5 Å². The number of nitrogens with zero attached hydrogens (tertiary/aromatic N) is 2. The summed E-state index contributed by atoms with van der Waals surface area (Å²) in [5.41, 5.74) is 6.88. The summed E-state index contributed by atoms with van der Waals surface area (Å²) in [5, 5.41) is 15.4. The van der Waals surface area contributed by atoms with Gasteiger partial charge in [-0.05, 0) is 49.2 Å². The van der Waals surface area contributed by atoms with Crippen LogP contribution in [0.25, 0.3) is 0 Å². The molecule has 0 aliphatic carbocycles. The van der Waals surface area contributed by atoms with Crippen LogP contribution in [0.1, 0.15) is 34.3 Å². The molecule has 0 bridgehead atoms. The van der Waals surface area contributed by atoms with E-state index in [1.807, 2.05) is 32.0 Å². The normalized spacial score (nSPS) is 13.7. The van der Waals surface area contributed by atoms with Gasteiger partial charge in [0.25, 0.3) is 11.8 Å². The Morgan fingerprint density at radius 2 is 1.79 bits per heavy atom. The molecule has 1 aliphatic rings. The molecule has 3 rings (SSSR count).